The fourth-order valence-electron chi connectivity index (χ4n) is 4.20. The van der Waals surface area contributed by atoms with Crippen LogP contribution >= 0.6 is 35.0 Å². The number of rotatable bonds is 7. The minimum absolute atomic E-state index is 0.111. The van der Waals surface area contributed by atoms with Gasteiger partial charge in [-0.1, -0.05) is 36.0 Å². The molecule has 1 aromatic rings. The van der Waals surface area contributed by atoms with Gasteiger partial charge in [0, 0.05) is 37.1 Å². The maximum Gasteiger partial charge on any atom is 0.253 e. The molecule has 9 heteroatoms. The minimum atomic E-state index is -0.635. The Hall–Kier alpha value is -1.44. The van der Waals surface area contributed by atoms with Crippen LogP contribution in [0.5, 0.6) is 0 Å². The van der Waals surface area contributed by atoms with Crippen molar-refractivity contribution in [3.8, 4) is 0 Å². The summed E-state index contributed by atoms with van der Waals surface area (Å²) in [6.45, 7) is 2.08. The average Bonchev–Trinajstić information content (AvgIpc) is 3.30. The van der Waals surface area contributed by atoms with Gasteiger partial charge in [0.2, 0.25) is 11.8 Å². The van der Waals surface area contributed by atoms with Crippen molar-refractivity contribution in [3.63, 3.8) is 0 Å². The summed E-state index contributed by atoms with van der Waals surface area (Å²) >= 11 is 13.7. The molecular formula is C22H29Cl2N3O3S. The van der Waals surface area contributed by atoms with Crippen molar-refractivity contribution in [2.24, 2.45) is 5.92 Å². The van der Waals surface area contributed by atoms with Gasteiger partial charge in [0.05, 0.1) is 10.6 Å². The molecule has 1 unspecified atom stereocenters. The molecule has 0 radical (unpaired) electrons. The van der Waals surface area contributed by atoms with Gasteiger partial charge < -0.3 is 15.1 Å². The molecule has 31 heavy (non-hydrogen) atoms. The van der Waals surface area contributed by atoms with E-state index < -0.39 is 11.9 Å². The Balaban J connectivity index is 1.60. The van der Waals surface area contributed by atoms with Crippen molar-refractivity contribution in [2.45, 2.75) is 38.1 Å². The molecule has 1 aromatic carbocycles. The monoisotopic (exact) mass is 485 g/mol. The fourth-order valence-corrected chi connectivity index (χ4v) is 5.17. The molecule has 1 N–H and O–H groups in total. The molecular weight excluding hydrogens is 457 g/mol. The van der Waals surface area contributed by atoms with Gasteiger partial charge in [0.15, 0.2) is 0 Å². The van der Waals surface area contributed by atoms with Crippen molar-refractivity contribution in [3.05, 3.63) is 33.8 Å². The highest BCUT2D eigenvalue weighted by Crippen LogP contribution is 2.27. The topological polar surface area (TPSA) is 69.7 Å². The van der Waals surface area contributed by atoms with E-state index >= 15 is 0 Å². The minimum Gasteiger partial charge on any atom is -0.340 e. The van der Waals surface area contributed by atoms with E-state index in [-0.39, 0.29) is 22.8 Å². The van der Waals surface area contributed by atoms with Crippen LogP contribution in [0.4, 0.5) is 0 Å². The Morgan fingerprint density at radius 3 is 2.35 bits per heavy atom. The summed E-state index contributed by atoms with van der Waals surface area (Å²) < 4.78 is 0. The number of piperazine rings is 1. The summed E-state index contributed by atoms with van der Waals surface area (Å²) in [4.78, 5) is 42.2. The van der Waals surface area contributed by atoms with Gasteiger partial charge in [-0.05, 0) is 49.5 Å². The predicted molar refractivity (Wildman–Crippen MR) is 126 cm³/mol. The van der Waals surface area contributed by atoms with Gasteiger partial charge in [-0.3, -0.25) is 14.4 Å². The third-order valence-corrected chi connectivity index (χ3v) is 7.19. The average molecular weight is 486 g/mol. The van der Waals surface area contributed by atoms with Gasteiger partial charge in [-0.15, -0.1) is 0 Å². The van der Waals surface area contributed by atoms with Crippen LogP contribution < -0.4 is 5.32 Å². The van der Waals surface area contributed by atoms with Crippen LogP contribution in [0.3, 0.4) is 0 Å². The SMILES string of the molecule is CSCCC(NC(=O)c1ccc(Cl)cc1Cl)C(=O)N1CCN(C(=O)C2CCCC2)CC1. The molecule has 1 saturated carbocycles. The normalized spacial score (nSPS) is 18.2. The number of carbonyl (C=O) groups is 3. The lowest BCUT2D eigenvalue weighted by molar-refractivity contribution is -0.142. The van der Waals surface area contributed by atoms with E-state index in [0.717, 1.165) is 31.4 Å². The van der Waals surface area contributed by atoms with Crippen molar-refractivity contribution in [2.75, 3.05) is 38.2 Å². The molecule has 1 aliphatic carbocycles. The summed E-state index contributed by atoms with van der Waals surface area (Å²) in [5.74, 6) is 0.622. The summed E-state index contributed by atoms with van der Waals surface area (Å²) in [5.41, 5.74) is 0.292. The Bertz CT molecular complexity index is 809. The number of halogens is 2. The molecule has 2 fully saturated rings. The molecule has 6 nitrogen and oxygen atoms in total. The second-order valence-corrected chi connectivity index (χ2v) is 9.89. The largest absolute Gasteiger partial charge is 0.340 e. The van der Waals surface area contributed by atoms with Gasteiger partial charge in [-0.25, -0.2) is 0 Å². The maximum atomic E-state index is 13.2. The first-order valence-corrected chi connectivity index (χ1v) is 12.9. The highest BCUT2D eigenvalue weighted by atomic mass is 35.5. The number of amides is 3. The Labute approximate surface area is 198 Å². The van der Waals surface area contributed by atoms with E-state index in [1.54, 1.807) is 28.8 Å². The quantitative estimate of drug-likeness (QED) is 0.638. The van der Waals surface area contributed by atoms with E-state index in [0.29, 0.717) is 43.2 Å². The predicted octanol–water partition coefficient (Wildman–Crippen LogP) is 3.71. The van der Waals surface area contributed by atoms with Crippen LogP contribution in [-0.4, -0.2) is 71.8 Å². The Morgan fingerprint density at radius 1 is 1.10 bits per heavy atom. The summed E-state index contributed by atoms with van der Waals surface area (Å²) in [5, 5.41) is 3.55. The second kappa shape index (κ2) is 11.4. The molecule has 0 spiro atoms. The fraction of sp³-hybridized carbons (Fsp3) is 0.591. The van der Waals surface area contributed by atoms with Crippen LogP contribution in [-0.2, 0) is 9.59 Å². The number of nitrogens with one attached hydrogen (secondary N) is 1. The number of nitrogens with zero attached hydrogens (tertiary/aromatic N) is 2. The molecule has 0 bridgehead atoms. The first kappa shape index (κ1) is 24.2. The summed E-state index contributed by atoms with van der Waals surface area (Å²) in [6.07, 6.45) is 6.71. The van der Waals surface area contributed by atoms with Gasteiger partial charge in [-0.2, -0.15) is 11.8 Å². The highest BCUT2D eigenvalue weighted by molar-refractivity contribution is 7.98. The molecule has 1 atom stereocenters. The van der Waals surface area contributed by atoms with Gasteiger partial charge >= 0.3 is 0 Å². The number of hydrogen-bond donors (Lipinski definition) is 1. The number of hydrogen-bond acceptors (Lipinski definition) is 4. The maximum absolute atomic E-state index is 13.2. The molecule has 0 aromatic heterocycles. The first-order chi connectivity index (χ1) is 14.9. The standard InChI is InChI=1S/C22H29Cl2N3O3S/c1-31-13-8-19(25-20(28)17-7-6-16(23)14-18(17)24)22(30)27-11-9-26(10-12-27)21(29)15-4-2-3-5-15/h6-7,14-15,19H,2-5,8-13H2,1H3,(H,25,28). The van der Waals surface area contributed by atoms with Crippen molar-refractivity contribution < 1.29 is 14.4 Å². The van der Waals surface area contributed by atoms with Crippen molar-refractivity contribution >= 4 is 52.7 Å². The zero-order valence-electron chi connectivity index (χ0n) is 17.7. The van der Waals surface area contributed by atoms with Crippen molar-refractivity contribution in [1.29, 1.82) is 0 Å². The first-order valence-electron chi connectivity index (χ1n) is 10.7. The van der Waals surface area contributed by atoms with E-state index in [4.69, 9.17) is 23.2 Å². The van der Waals surface area contributed by atoms with Gasteiger partial charge in [0.25, 0.3) is 5.91 Å². The van der Waals surface area contributed by atoms with Crippen LogP contribution in [0.2, 0.25) is 10.0 Å². The van der Waals surface area contributed by atoms with Crippen molar-refractivity contribution in [1.82, 2.24) is 15.1 Å². The van der Waals surface area contributed by atoms with E-state index in [2.05, 4.69) is 5.32 Å². The van der Waals surface area contributed by atoms with E-state index in [1.165, 1.54) is 6.07 Å². The second-order valence-electron chi connectivity index (χ2n) is 8.06. The van der Waals surface area contributed by atoms with E-state index in [9.17, 15) is 14.4 Å². The zero-order valence-corrected chi connectivity index (χ0v) is 20.1. The number of carbonyl (C=O) groups excluding carboxylic acids is 3. The van der Waals surface area contributed by atoms with Gasteiger partial charge in [0.1, 0.15) is 6.04 Å². The summed E-state index contributed by atoms with van der Waals surface area (Å²) in [7, 11) is 0. The lowest BCUT2D eigenvalue weighted by atomic mass is 10.1. The highest BCUT2D eigenvalue weighted by Gasteiger charge is 2.33. The number of thioether (sulfide) groups is 1. The smallest absolute Gasteiger partial charge is 0.253 e. The Kier molecular flexibility index (Phi) is 8.93. The lowest BCUT2D eigenvalue weighted by Crippen LogP contribution is -2.56. The van der Waals surface area contributed by atoms with E-state index in [1.807, 2.05) is 11.2 Å². The van der Waals surface area contributed by atoms with Crippen LogP contribution in [0.25, 0.3) is 0 Å². The molecule has 3 amide bonds. The molecule has 170 valence electrons. The lowest BCUT2D eigenvalue weighted by Gasteiger charge is -2.37. The third-order valence-electron chi connectivity index (χ3n) is 6.00. The molecule has 1 saturated heterocycles. The summed E-state index contributed by atoms with van der Waals surface area (Å²) in [6, 6.07) is 4.03. The van der Waals surface area contributed by atoms with Crippen LogP contribution in [0, 0.1) is 5.92 Å². The molecule has 1 heterocycles. The molecule has 1 aliphatic heterocycles. The molecule has 3 rings (SSSR count). The van der Waals surface area contributed by atoms with Crippen LogP contribution in [0.15, 0.2) is 18.2 Å². The van der Waals surface area contributed by atoms with Crippen LogP contribution in [0.1, 0.15) is 42.5 Å². The third kappa shape index (κ3) is 6.30. The molecule has 2 aliphatic rings. The Morgan fingerprint density at radius 2 is 1.74 bits per heavy atom. The zero-order chi connectivity index (χ0) is 22.4. The number of benzene rings is 1.